The van der Waals surface area contributed by atoms with E-state index in [9.17, 15) is 17.6 Å². The van der Waals surface area contributed by atoms with Gasteiger partial charge in [0.1, 0.15) is 5.69 Å². The predicted molar refractivity (Wildman–Crippen MR) is 110 cm³/mol. The predicted octanol–water partition coefficient (Wildman–Crippen LogP) is 3.93. The van der Waals surface area contributed by atoms with Gasteiger partial charge in [-0.05, 0) is 36.4 Å². The summed E-state index contributed by atoms with van der Waals surface area (Å²) in [5.74, 6) is -0.564. The normalized spacial score (nSPS) is 11.2. The quantitative estimate of drug-likeness (QED) is 0.259. The van der Waals surface area contributed by atoms with Crippen LogP contribution in [0.1, 0.15) is 5.69 Å². The first-order valence-corrected chi connectivity index (χ1v) is 9.64. The monoisotopic (exact) mass is 660 g/mol. The molecule has 9 nitrogen and oxygen atoms in total. The Bertz CT molecular complexity index is 1440. The smallest absolute Gasteiger partial charge is 0.573 e. The Morgan fingerprint density at radius 2 is 1.31 bits per heavy atom. The Hall–Kier alpha value is -3.99. The molecule has 14 heteroatoms. The molecular formula is C21H11F4N9Pt. The van der Waals surface area contributed by atoms with Gasteiger partial charge >= 0.3 is 27.2 Å². The molecule has 5 rings (SSSR count). The summed E-state index contributed by atoms with van der Waals surface area (Å²) in [6.07, 6.45) is -1.81. The van der Waals surface area contributed by atoms with E-state index < -0.39 is 17.8 Å². The van der Waals surface area contributed by atoms with Gasteiger partial charge in [-0.15, -0.1) is 0 Å². The number of rotatable bonds is 5. The van der Waals surface area contributed by atoms with Crippen molar-refractivity contribution in [1.29, 1.82) is 0 Å². The molecule has 35 heavy (non-hydrogen) atoms. The number of halogens is 4. The standard InChI is InChI=1S/C21H11F4N9.Pt/c22-18-11-16(31-33-18)14-7-9-27-20(29-14)34(12-4-2-1-3-5-12)19-26-8-6-13(28-19)15-10-17(32-30-15)21(23,24)25;/h1-11H;/q-2;+2. The minimum Gasteiger partial charge on any atom is -0.573 e. The molecule has 4 heterocycles. The second-order valence-corrected chi connectivity index (χ2v) is 6.82. The summed E-state index contributed by atoms with van der Waals surface area (Å²) < 4.78 is 52.2. The largest absolute Gasteiger partial charge is 2.00 e. The fourth-order valence-electron chi connectivity index (χ4n) is 3.05. The van der Waals surface area contributed by atoms with Gasteiger partial charge < -0.3 is 20.4 Å². The molecule has 1 aromatic carbocycles. The Labute approximate surface area is 209 Å². The van der Waals surface area contributed by atoms with Crippen molar-refractivity contribution in [2.45, 2.75) is 6.18 Å². The summed E-state index contributed by atoms with van der Waals surface area (Å²) in [6, 6.07) is 13.7. The molecule has 5 aromatic rings. The van der Waals surface area contributed by atoms with Crippen molar-refractivity contribution < 1.29 is 38.6 Å². The van der Waals surface area contributed by atoms with Gasteiger partial charge in [0.05, 0.1) is 17.1 Å². The van der Waals surface area contributed by atoms with Crippen LogP contribution in [-0.2, 0) is 27.2 Å². The zero-order valence-corrected chi connectivity index (χ0v) is 19.5. The molecule has 0 amide bonds. The van der Waals surface area contributed by atoms with Gasteiger partial charge in [0.15, 0.2) is 5.95 Å². The molecule has 0 aliphatic heterocycles. The van der Waals surface area contributed by atoms with Crippen LogP contribution in [-0.4, -0.2) is 30.1 Å². The van der Waals surface area contributed by atoms with E-state index in [-0.39, 0.29) is 50.0 Å². The molecule has 0 saturated heterocycles. The SMILES string of the molecule is Fc1cc(-c2ccnc(N(c3ccccc3)c3nccc(-c4cc(C(F)(F)F)n[n-]4)n3)n2)[n-]n1.[Pt+2]. The average molecular weight is 660 g/mol. The molecular weight excluding hydrogens is 649 g/mol. The molecule has 0 aliphatic carbocycles. The summed E-state index contributed by atoms with van der Waals surface area (Å²) in [4.78, 5) is 18.8. The van der Waals surface area contributed by atoms with Crippen LogP contribution in [0.5, 0.6) is 0 Å². The number of aromatic nitrogens is 8. The van der Waals surface area contributed by atoms with Gasteiger partial charge in [-0.1, -0.05) is 29.6 Å². The first-order chi connectivity index (χ1) is 16.4. The van der Waals surface area contributed by atoms with Gasteiger partial charge in [0.2, 0.25) is 11.9 Å². The summed E-state index contributed by atoms with van der Waals surface area (Å²) in [5.41, 5.74) is 0.00354. The second kappa shape index (κ2) is 9.71. The number of nitrogens with zero attached hydrogens (tertiary/aromatic N) is 9. The zero-order valence-electron chi connectivity index (χ0n) is 17.2. The molecule has 0 N–H and O–H groups in total. The van der Waals surface area contributed by atoms with Crippen LogP contribution in [0.25, 0.3) is 22.8 Å². The Morgan fingerprint density at radius 1 is 0.743 bits per heavy atom. The van der Waals surface area contributed by atoms with E-state index in [1.54, 1.807) is 30.3 Å². The van der Waals surface area contributed by atoms with Crippen molar-refractivity contribution in [2.24, 2.45) is 0 Å². The van der Waals surface area contributed by atoms with Crippen LogP contribution in [0, 0.1) is 5.95 Å². The van der Waals surface area contributed by atoms with Crippen molar-refractivity contribution in [3.63, 3.8) is 0 Å². The zero-order chi connectivity index (χ0) is 23.7. The van der Waals surface area contributed by atoms with Crippen LogP contribution < -0.4 is 15.1 Å². The fourth-order valence-corrected chi connectivity index (χ4v) is 3.05. The van der Waals surface area contributed by atoms with Gasteiger partial charge in [0.25, 0.3) is 0 Å². The van der Waals surface area contributed by atoms with E-state index in [2.05, 4.69) is 40.3 Å². The van der Waals surface area contributed by atoms with Gasteiger partial charge in [-0.3, -0.25) is 0 Å². The van der Waals surface area contributed by atoms with E-state index in [0.29, 0.717) is 11.4 Å². The molecule has 0 radical (unpaired) electrons. The van der Waals surface area contributed by atoms with Crippen molar-refractivity contribution in [2.75, 3.05) is 4.90 Å². The number of hydrogen-bond acceptors (Lipinski definition) is 7. The molecule has 0 spiro atoms. The minimum atomic E-state index is -4.63. The van der Waals surface area contributed by atoms with E-state index in [0.717, 1.165) is 12.1 Å². The third-order valence-electron chi connectivity index (χ3n) is 4.56. The third kappa shape index (κ3) is 5.09. The van der Waals surface area contributed by atoms with E-state index >= 15 is 0 Å². The number of benzene rings is 1. The van der Waals surface area contributed by atoms with Crippen LogP contribution in [0.2, 0.25) is 0 Å². The Balaban J connectivity index is 0.00000289. The van der Waals surface area contributed by atoms with Crippen molar-refractivity contribution in [3.05, 3.63) is 78.6 Å². The number of alkyl halides is 3. The average Bonchev–Trinajstić information content (AvgIpc) is 3.50. The van der Waals surface area contributed by atoms with Gasteiger partial charge in [-0.2, -0.15) is 17.6 Å². The fraction of sp³-hybridized carbons (Fsp3) is 0.0476. The Morgan fingerprint density at radius 3 is 1.83 bits per heavy atom. The van der Waals surface area contributed by atoms with Crippen molar-refractivity contribution in [1.82, 2.24) is 40.3 Å². The Kier molecular flexibility index (Phi) is 6.69. The van der Waals surface area contributed by atoms with E-state index in [4.69, 9.17) is 0 Å². The first-order valence-electron chi connectivity index (χ1n) is 9.64. The topological polar surface area (TPSA) is 109 Å². The van der Waals surface area contributed by atoms with Gasteiger partial charge in [-0.25, -0.2) is 24.8 Å². The van der Waals surface area contributed by atoms with Crippen LogP contribution >= 0.6 is 0 Å². The van der Waals surface area contributed by atoms with Crippen LogP contribution in [0.3, 0.4) is 0 Å². The van der Waals surface area contributed by atoms with Crippen molar-refractivity contribution >= 4 is 17.6 Å². The molecule has 0 fully saturated rings. The summed E-state index contributed by atoms with van der Waals surface area (Å²) in [5, 5.41) is 13.9. The van der Waals surface area contributed by atoms with Crippen LogP contribution in [0.15, 0.2) is 67.0 Å². The van der Waals surface area contributed by atoms with E-state index in [1.165, 1.54) is 29.4 Å². The maximum absolute atomic E-state index is 13.4. The molecule has 0 unspecified atom stereocenters. The summed E-state index contributed by atoms with van der Waals surface area (Å²) in [7, 11) is 0. The third-order valence-corrected chi connectivity index (χ3v) is 4.56. The van der Waals surface area contributed by atoms with Gasteiger partial charge in [0, 0.05) is 12.4 Å². The van der Waals surface area contributed by atoms with Crippen molar-refractivity contribution in [3.8, 4) is 22.8 Å². The summed E-state index contributed by atoms with van der Waals surface area (Å²) >= 11 is 0. The molecule has 0 atom stereocenters. The molecule has 0 bridgehead atoms. The molecule has 0 aliphatic rings. The molecule has 178 valence electrons. The summed E-state index contributed by atoms with van der Waals surface area (Å²) in [6.45, 7) is 0. The minimum absolute atomic E-state index is 0. The van der Waals surface area contributed by atoms with Crippen LogP contribution in [0.4, 0.5) is 35.1 Å². The van der Waals surface area contributed by atoms with E-state index in [1.807, 2.05) is 0 Å². The number of anilines is 3. The number of hydrogen-bond donors (Lipinski definition) is 0. The maximum Gasteiger partial charge on any atom is 2.00 e. The maximum atomic E-state index is 13.4. The second-order valence-electron chi connectivity index (χ2n) is 6.82. The molecule has 4 aromatic heterocycles. The molecule has 0 saturated carbocycles. The number of para-hydroxylation sites is 1. The first kappa shape index (κ1) is 24.1.